The molecule has 33 atom stereocenters. The maximum absolute atomic E-state index is 11.3. The molecule has 35 heteroatoms. The minimum absolute atomic E-state index is 0.0451. The van der Waals surface area contributed by atoms with Crippen LogP contribution in [0.3, 0.4) is 0 Å². The van der Waals surface area contributed by atoms with E-state index in [0.717, 1.165) is 181 Å². The fourth-order valence-corrected chi connectivity index (χ4v) is 24.8. The molecule has 113 heavy (non-hydrogen) atoms. The zero-order valence-electron chi connectivity index (χ0n) is 66.0. The highest BCUT2D eigenvalue weighted by Gasteiger charge is 2.51. The number of quaternary nitrogens is 11. The number of nitrogens with one attached hydrogen (secondary N) is 18. The molecule has 20 aliphatic heterocycles. The standard InChI is InChI=1S/C8H14N2O.C8H13NO2.C8H13NOS.C8H13NO.2C7H12N2O.C7H11NO2.C7H11NOS.C6H11N3O.C6H10N2O2.C6H10N2OS/c1-10-4-2-3-6-8(10)7(11)5-9-6;2*1-9-4-2-3-7-8(9)6(10)5-11-7;1-9-5-4-6-2-3-7(10)8(6)9;1-9-3-2-5-7(9)6(10)4-8-5;1-9-7-5(4-8-9)2-3-6(7)10;2*1-8-3-2-6-7(8)5(9)4-10-6;1-9-6-4(2-8-9)7-3-5(6)10;2*1-8-6-4(9)3-10-5(6)2-7-8/h6,8-10H,1-5H2;2*7-9H,1-5H2;6,8-9H,1-5H2;2*5,7-9H,1-4H2;2*6-8H,1-4H2;4,6-9H,1-3H2;2*5-8H,1-3H2. The summed E-state index contributed by atoms with van der Waals surface area (Å²) in [5, 5.41) is 14.8. The lowest BCUT2D eigenvalue weighted by atomic mass is 9.98. The van der Waals surface area contributed by atoms with Crippen LogP contribution in [0.2, 0.25) is 0 Å². The van der Waals surface area contributed by atoms with E-state index in [1.165, 1.54) is 46.8 Å². The van der Waals surface area contributed by atoms with Gasteiger partial charge in [-0.2, -0.15) is 71.0 Å². The normalized spacial score (nSPS) is 45.5. The van der Waals surface area contributed by atoms with Crippen LogP contribution >= 0.6 is 35.3 Å². The van der Waals surface area contributed by atoms with E-state index >= 15 is 0 Å². The summed E-state index contributed by atoms with van der Waals surface area (Å²) in [5.41, 5.74) is 12.3. The topological polar surface area (TPSA) is 349 Å². The number of fused-ring (bicyclic) bond motifs is 11. The van der Waals surface area contributed by atoms with Gasteiger partial charge in [-0.1, -0.05) is 0 Å². The molecule has 0 aromatic carbocycles. The van der Waals surface area contributed by atoms with Gasteiger partial charge in [0, 0.05) is 50.4 Å². The minimum Gasteiger partial charge on any atom is -0.459 e. The number of carbonyl (C=O) groups excluding carboxylic acids is 11. The second kappa shape index (κ2) is 40.8. The van der Waals surface area contributed by atoms with Gasteiger partial charge < -0.3 is 79.2 Å². The molecule has 0 amide bonds. The predicted octanol–water partition coefficient (Wildman–Crippen LogP) is -17.0. The first kappa shape index (κ1) is 88.9. The second-order valence-electron chi connectivity index (χ2n) is 34.1. The highest BCUT2D eigenvalue weighted by molar-refractivity contribution is 8.01. The van der Waals surface area contributed by atoms with Gasteiger partial charge >= 0.3 is 0 Å². The molecule has 0 aromatic rings. The van der Waals surface area contributed by atoms with Crippen LogP contribution in [0.5, 0.6) is 0 Å². The SMILES string of the molecule is [CH2-][NH+]1CCC2CCC(=O)C21.[CH2-][NH+]1CCC2NCC(=O)C21.[CH2-][NH+]1CCC2OCC(=O)C21.[CH2-][NH+]1CCC2SCC(=O)C21.[CH2-][NH+]1CCCC2NCC(=O)C21.[CH2-][NH+]1CCCC2OCC(=O)C21.[CH2-][NH+]1CCCC2SCC(=O)C21.[CH2-][NH+]1NCC2CCC(=O)C21.[CH2-][NH+]1NCC2NCC(=O)C21.[CH2-][NH+]1NCC2OCC(=O)C21.[CH2-][NH+]1NCC2SCC(=O)C21. The Hall–Kier alpha value is -3.42. The Labute approximate surface area is 680 Å². The molecule has 20 heterocycles. The summed E-state index contributed by atoms with van der Waals surface area (Å²) >= 11 is 5.39. The molecule has 33 unspecified atom stereocenters. The van der Waals surface area contributed by atoms with E-state index in [0.29, 0.717) is 125 Å². The lowest BCUT2D eigenvalue weighted by Gasteiger charge is -2.35. The van der Waals surface area contributed by atoms with Crippen LogP contribution < -0.4 is 92.0 Å². The number of hydrogen-bond acceptors (Lipinski definition) is 24. The van der Waals surface area contributed by atoms with Crippen molar-refractivity contribution < 1.29 is 121 Å². The number of rotatable bonds is 0. The highest BCUT2D eigenvalue weighted by Crippen LogP contribution is 2.30. The lowest BCUT2D eigenvalue weighted by molar-refractivity contribution is -0.903. The molecular weight excluding hydrogens is 1510 g/mol. The van der Waals surface area contributed by atoms with Gasteiger partial charge in [0.25, 0.3) is 0 Å². The van der Waals surface area contributed by atoms with E-state index in [2.05, 4.69) is 115 Å². The Balaban J connectivity index is 0.000000115. The first-order chi connectivity index (χ1) is 54.2. The smallest absolute Gasteiger partial charge is 0.217 e. The van der Waals surface area contributed by atoms with Gasteiger partial charge in [0.05, 0.1) is 143 Å². The quantitative estimate of drug-likeness (QED) is 0.100. The summed E-state index contributed by atoms with van der Waals surface area (Å²) in [6.45, 7) is 13.4. The van der Waals surface area contributed by atoms with Gasteiger partial charge in [0.2, 0.25) is 34.7 Å². The minimum atomic E-state index is -0.0556. The van der Waals surface area contributed by atoms with E-state index < -0.39 is 0 Å². The zero-order chi connectivity index (χ0) is 80.6. The van der Waals surface area contributed by atoms with E-state index in [4.69, 9.17) is 14.2 Å². The number of carbonyl (C=O) groups is 11. The van der Waals surface area contributed by atoms with Gasteiger partial charge in [0.15, 0.2) is 59.1 Å². The Bertz CT molecular complexity index is 2830. The second-order valence-corrected chi connectivity index (χ2v) is 37.8. The first-order valence-electron chi connectivity index (χ1n) is 41.3. The third-order valence-electron chi connectivity index (χ3n) is 26.9. The average Bonchev–Trinajstić information content (AvgIpc) is 1.66. The van der Waals surface area contributed by atoms with Crippen LogP contribution in [0, 0.1) is 89.4 Å². The fourth-order valence-electron chi connectivity index (χ4n) is 20.8. The van der Waals surface area contributed by atoms with E-state index in [9.17, 15) is 52.7 Å². The maximum Gasteiger partial charge on any atom is 0.217 e. The molecule has 0 aromatic heterocycles. The molecule has 22 rings (SSSR count). The number of thioether (sulfide) groups is 3. The Morgan fingerprint density at radius 1 is 0.274 bits per heavy atom. The van der Waals surface area contributed by atoms with Crippen LogP contribution in [0.1, 0.15) is 89.9 Å². The molecule has 18 N–H and O–H groups in total. The number of Topliss-reactive ketones (excluding diaryl/α,β-unsaturated/α-hetero) is 11. The zero-order valence-corrected chi connectivity index (χ0v) is 68.4. The van der Waals surface area contributed by atoms with Gasteiger partial charge in [-0.05, 0) is 51.4 Å². The molecular formula is C78H130N18O14S3. The lowest BCUT2D eigenvalue weighted by Crippen LogP contribution is -3.15. The summed E-state index contributed by atoms with van der Waals surface area (Å²) in [4.78, 5) is 131. The molecule has 32 nitrogen and oxygen atoms in total. The highest BCUT2D eigenvalue weighted by atomic mass is 32.2. The largest absolute Gasteiger partial charge is 0.459 e. The van der Waals surface area contributed by atoms with Crippen molar-refractivity contribution in [3.63, 3.8) is 0 Å². The summed E-state index contributed by atoms with van der Waals surface area (Å²) < 4.78 is 15.8. The molecule has 2 saturated carbocycles. The molecule has 20 saturated heterocycles. The van der Waals surface area contributed by atoms with E-state index in [1.807, 2.05) is 23.5 Å². The van der Waals surface area contributed by atoms with Crippen molar-refractivity contribution in [3.05, 3.63) is 77.5 Å². The van der Waals surface area contributed by atoms with Crippen molar-refractivity contribution in [1.82, 2.24) is 37.7 Å². The number of ketones is 11. The van der Waals surface area contributed by atoms with Crippen LogP contribution in [-0.4, -0.2) is 311 Å². The molecule has 22 aliphatic rings. The number of likely N-dealkylation sites (tertiary alicyclic amines) is 7. The van der Waals surface area contributed by atoms with Gasteiger partial charge in [0.1, 0.15) is 74.4 Å². The molecule has 22 fully saturated rings. The maximum atomic E-state index is 11.3. The summed E-state index contributed by atoms with van der Waals surface area (Å²) in [6, 6.07) is 2.64. The molecule has 0 bridgehead atoms. The average molecular weight is 1640 g/mol. The van der Waals surface area contributed by atoms with Crippen molar-refractivity contribution in [2.24, 2.45) is 11.8 Å². The Morgan fingerprint density at radius 2 is 0.673 bits per heavy atom. The molecule has 634 valence electrons. The Kier molecular flexibility index (Phi) is 32.1. The Morgan fingerprint density at radius 3 is 1.24 bits per heavy atom. The van der Waals surface area contributed by atoms with Gasteiger partial charge in [-0.3, -0.25) is 58.1 Å². The number of hydrogen-bond donors (Lipinski definition) is 18. The molecule has 0 radical (unpaired) electrons. The third kappa shape index (κ3) is 21.1. The molecule has 2 aliphatic carbocycles. The van der Waals surface area contributed by atoms with E-state index in [1.54, 1.807) is 11.8 Å². The van der Waals surface area contributed by atoms with Gasteiger partial charge in [-0.25, -0.2) is 0 Å². The van der Waals surface area contributed by atoms with Crippen molar-refractivity contribution >= 4 is 98.9 Å². The van der Waals surface area contributed by atoms with Gasteiger partial charge in [-0.15, -0.1) is 63.5 Å². The van der Waals surface area contributed by atoms with Crippen LogP contribution in [-0.2, 0) is 67.0 Å². The van der Waals surface area contributed by atoms with Crippen LogP contribution in [0.4, 0.5) is 0 Å². The van der Waals surface area contributed by atoms with Crippen molar-refractivity contribution in [3.8, 4) is 0 Å². The fraction of sp³-hybridized carbons (Fsp3) is 0.718. The van der Waals surface area contributed by atoms with Crippen molar-refractivity contribution in [1.29, 1.82) is 0 Å². The van der Waals surface area contributed by atoms with Crippen LogP contribution in [0.15, 0.2) is 0 Å². The summed E-state index contributed by atoms with van der Waals surface area (Å²) in [5.74, 6) is 7.03. The van der Waals surface area contributed by atoms with Crippen molar-refractivity contribution in [2.45, 2.75) is 209 Å². The number of piperidine rings is 3. The molecule has 0 spiro atoms. The third-order valence-corrected chi connectivity index (χ3v) is 30.9. The van der Waals surface area contributed by atoms with Crippen molar-refractivity contribution in [2.75, 3.05) is 129 Å². The monoisotopic (exact) mass is 1640 g/mol. The van der Waals surface area contributed by atoms with Crippen LogP contribution in [0.25, 0.3) is 0 Å². The number of ether oxygens (including phenoxy) is 3. The predicted molar refractivity (Wildman–Crippen MR) is 417 cm³/mol. The van der Waals surface area contributed by atoms with E-state index in [-0.39, 0.29) is 115 Å². The summed E-state index contributed by atoms with van der Waals surface area (Å²) in [7, 11) is 42.5. The summed E-state index contributed by atoms with van der Waals surface area (Å²) in [6.07, 6.45) is 15.7. The first-order valence-corrected chi connectivity index (χ1v) is 44.5.